The highest BCUT2D eigenvalue weighted by atomic mass is 16.5. The van der Waals surface area contributed by atoms with Gasteiger partial charge in [-0.1, -0.05) is 18.2 Å². The van der Waals surface area contributed by atoms with Crippen LogP contribution >= 0.6 is 0 Å². The second-order valence-electron chi connectivity index (χ2n) is 6.06. The molecule has 2 aromatic heterocycles. The monoisotopic (exact) mass is 337 g/mol. The van der Waals surface area contributed by atoms with Crippen molar-refractivity contribution in [3.63, 3.8) is 0 Å². The van der Waals surface area contributed by atoms with E-state index in [1.165, 1.54) is 5.56 Å². The normalized spacial score (nSPS) is 10.7. The van der Waals surface area contributed by atoms with Gasteiger partial charge in [-0.2, -0.15) is 5.10 Å². The van der Waals surface area contributed by atoms with E-state index in [0.29, 0.717) is 0 Å². The predicted octanol–water partition coefficient (Wildman–Crippen LogP) is 2.97. The second-order valence-corrected chi connectivity index (χ2v) is 6.06. The number of hydrogen-bond acceptors (Lipinski definition) is 5. The van der Waals surface area contributed by atoms with Crippen LogP contribution in [0.25, 0.3) is 5.82 Å². The summed E-state index contributed by atoms with van der Waals surface area (Å²) in [7, 11) is 3.72. The number of nitrogens with zero attached hydrogens (tertiary/aromatic N) is 5. The van der Waals surface area contributed by atoms with Gasteiger partial charge in [0.1, 0.15) is 11.6 Å². The molecule has 3 rings (SSSR count). The molecule has 0 aliphatic carbocycles. The number of benzene rings is 1. The first kappa shape index (κ1) is 17.0. The fourth-order valence-corrected chi connectivity index (χ4v) is 2.80. The molecule has 0 fully saturated rings. The third-order valence-corrected chi connectivity index (χ3v) is 4.14. The highest BCUT2D eigenvalue weighted by Crippen LogP contribution is 2.19. The summed E-state index contributed by atoms with van der Waals surface area (Å²) in [6.45, 7) is 4.80. The van der Waals surface area contributed by atoms with Crippen LogP contribution in [0.3, 0.4) is 0 Å². The number of aromatic nitrogens is 4. The van der Waals surface area contributed by atoms with E-state index >= 15 is 0 Å². The molecule has 6 heteroatoms. The summed E-state index contributed by atoms with van der Waals surface area (Å²) in [6, 6.07) is 10.1. The van der Waals surface area contributed by atoms with Crippen molar-refractivity contribution in [1.82, 2.24) is 19.7 Å². The lowest BCUT2D eigenvalue weighted by atomic mass is 10.1. The van der Waals surface area contributed by atoms with Crippen LogP contribution in [0.15, 0.2) is 42.7 Å². The van der Waals surface area contributed by atoms with Crippen LogP contribution in [-0.2, 0) is 6.42 Å². The third-order valence-electron chi connectivity index (χ3n) is 4.14. The molecule has 6 nitrogen and oxygen atoms in total. The number of methoxy groups -OCH3 is 1. The Morgan fingerprint density at radius 3 is 2.68 bits per heavy atom. The second kappa shape index (κ2) is 7.34. The van der Waals surface area contributed by atoms with Crippen molar-refractivity contribution in [2.75, 3.05) is 25.6 Å². The number of ether oxygens (including phenoxy) is 1. The summed E-state index contributed by atoms with van der Waals surface area (Å²) in [5, 5.41) is 4.48. The van der Waals surface area contributed by atoms with Crippen LogP contribution < -0.4 is 9.64 Å². The topological polar surface area (TPSA) is 56.1 Å². The Morgan fingerprint density at radius 2 is 1.96 bits per heavy atom. The number of likely N-dealkylation sites (N-methyl/N-ethyl adjacent to an activating group) is 1. The first-order valence-corrected chi connectivity index (χ1v) is 8.27. The predicted molar refractivity (Wildman–Crippen MR) is 98.6 cm³/mol. The summed E-state index contributed by atoms with van der Waals surface area (Å²) in [5.74, 6) is 2.46. The minimum Gasteiger partial charge on any atom is -0.496 e. The molecule has 0 saturated heterocycles. The van der Waals surface area contributed by atoms with E-state index in [0.717, 1.165) is 41.7 Å². The Balaban J connectivity index is 1.75. The molecule has 1 aromatic carbocycles. The van der Waals surface area contributed by atoms with Crippen LogP contribution in [0, 0.1) is 13.8 Å². The molecule has 0 unspecified atom stereocenters. The van der Waals surface area contributed by atoms with Crippen molar-refractivity contribution >= 4 is 5.82 Å². The first-order valence-electron chi connectivity index (χ1n) is 8.27. The molecule has 3 aromatic rings. The maximum Gasteiger partial charge on any atom is 0.174 e. The van der Waals surface area contributed by atoms with Gasteiger partial charge < -0.3 is 9.64 Å². The van der Waals surface area contributed by atoms with Crippen molar-refractivity contribution in [3.8, 4) is 11.6 Å². The zero-order chi connectivity index (χ0) is 17.8. The van der Waals surface area contributed by atoms with Crippen LogP contribution in [0.5, 0.6) is 5.75 Å². The van der Waals surface area contributed by atoms with Crippen LogP contribution in [-0.4, -0.2) is 40.5 Å². The molecule has 0 N–H and O–H groups in total. The van der Waals surface area contributed by atoms with E-state index in [1.807, 2.05) is 49.8 Å². The number of aryl methyl sites for hydroxylation is 2. The zero-order valence-corrected chi connectivity index (χ0v) is 15.1. The summed E-state index contributed by atoms with van der Waals surface area (Å²) < 4.78 is 7.24. The van der Waals surface area contributed by atoms with Gasteiger partial charge in [-0.25, -0.2) is 9.67 Å². The molecule has 0 amide bonds. The Kier molecular flexibility index (Phi) is 4.97. The maximum absolute atomic E-state index is 5.42. The number of anilines is 1. The lowest BCUT2D eigenvalue weighted by molar-refractivity contribution is 0.409. The van der Waals surface area contributed by atoms with Crippen molar-refractivity contribution in [3.05, 3.63) is 59.7 Å². The zero-order valence-electron chi connectivity index (χ0n) is 15.1. The average Bonchev–Trinajstić information content (AvgIpc) is 2.98. The lowest BCUT2D eigenvalue weighted by Crippen LogP contribution is -2.22. The Bertz CT molecular complexity index is 859. The third kappa shape index (κ3) is 3.79. The number of rotatable bonds is 6. The molecule has 0 spiro atoms. The van der Waals surface area contributed by atoms with E-state index in [4.69, 9.17) is 9.72 Å². The molecule has 2 heterocycles. The van der Waals surface area contributed by atoms with E-state index in [9.17, 15) is 0 Å². The summed E-state index contributed by atoms with van der Waals surface area (Å²) in [5.41, 5.74) is 3.19. The van der Waals surface area contributed by atoms with Crippen LogP contribution in [0.2, 0.25) is 0 Å². The van der Waals surface area contributed by atoms with Crippen molar-refractivity contribution in [1.29, 1.82) is 0 Å². The highest BCUT2D eigenvalue weighted by Gasteiger charge is 2.10. The van der Waals surface area contributed by atoms with Gasteiger partial charge in [-0.05, 0) is 38.0 Å². The van der Waals surface area contributed by atoms with Gasteiger partial charge in [0, 0.05) is 19.3 Å². The van der Waals surface area contributed by atoms with Crippen molar-refractivity contribution < 1.29 is 4.74 Å². The molecule has 25 heavy (non-hydrogen) atoms. The molecular formula is C19H23N5O. The van der Waals surface area contributed by atoms with Gasteiger partial charge in [0.25, 0.3) is 0 Å². The molecule has 130 valence electrons. The summed E-state index contributed by atoms with van der Waals surface area (Å²) in [4.78, 5) is 11.1. The Morgan fingerprint density at radius 1 is 1.16 bits per heavy atom. The molecule has 0 saturated carbocycles. The minimum atomic E-state index is 0.729. The largest absolute Gasteiger partial charge is 0.496 e. The van der Waals surface area contributed by atoms with E-state index < -0.39 is 0 Å². The molecule has 0 aliphatic heterocycles. The smallest absolute Gasteiger partial charge is 0.174 e. The van der Waals surface area contributed by atoms with E-state index in [2.05, 4.69) is 21.0 Å². The molecule has 0 aliphatic rings. The molecular weight excluding hydrogens is 314 g/mol. The maximum atomic E-state index is 5.42. The molecule has 0 atom stereocenters. The number of para-hydroxylation sites is 1. The van der Waals surface area contributed by atoms with Gasteiger partial charge >= 0.3 is 0 Å². The fraction of sp³-hybridized carbons (Fsp3) is 0.316. The average molecular weight is 337 g/mol. The lowest BCUT2D eigenvalue weighted by Gasteiger charge is -2.19. The summed E-state index contributed by atoms with van der Waals surface area (Å²) in [6.07, 6.45) is 4.38. The summed E-state index contributed by atoms with van der Waals surface area (Å²) >= 11 is 0. The Labute approximate surface area is 148 Å². The van der Waals surface area contributed by atoms with Crippen LogP contribution in [0.1, 0.15) is 17.0 Å². The molecule has 0 bridgehead atoms. The minimum absolute atomic E-state index is 0.729. The Hall–Kier alpha value is -2.89. The van der Waals surface area contributed by atoms with Crippen molar-refractivity contribution in [2.45, 2.75) is 20.3 Å². The highest BCUT2D eigenvalue weighted by molar-refractivity contribution is 5.40. The van der Waals surface area contributed by atoms with E-state index in [-0.39, 0.29) is 0 Å². The first-order chi connectivity index (χ1) is 12.1. The van der Waals surface area contributed by atoms with Gasteiger partial charge in [0.05, 0.1) is 25.2 Å². The van der Waals surface area contributed by atoms with Gasteiger partial charge in [0.15, 0.2) is 5.82 Å². The SMILES string of the molecule is COc1ccccc1CCN(C)c1cncc(-n2nc(C)cc2C)n1. The van der Waals surface area contributed by atoms with Gasteiger partial charge in [0.2, 0.25) is 0 Å². The van der Waals surface area contributed by atoms with Gasteiger partial charge in [-0.15, -0.1) is 0 Å². The van der Waals surface area contributed by atoms with E-state index in [1.54, 1.807) is 19.5 Å². The van der Waals surface area contributed by atoms with Gasteiger partial charge in [-0.3, -0.25) is 4.98 Å². The molecule has 0 radical (unpaired) electrons. The quantitative estimate of drug-likeness (QED) is 0.692. The fourth-order valence-electron chi connectivity index (χ4n) is 2.80. The van der Waals surface area contributed by atoms with Crippen molar-refractivity contribution in [2.24, 2.45) is 0 Å². The standard InChI is InChI=1S/C19H23N5O/c1-14-11-15(2)24(22-14)19-13-20-12-18(21-19)23(3)10-9-16-7-5-6-8-17(16)25-4/h5-8,11-13H,9-10H2,1-4H3. The number of hydrogen-bond donors (Lipinski definition) is 0. The van der Waals surface area contributed by atoms with Crippen LogP contribution in [0.4, 0.5) is 5.82 Å².